The first-order valence-corrected chi connectivity index (χ1v) is 10.5. The van der Waals surface area contributed by atoms with Crippen molar-refractivity contribution >= 4 is 45.3 Å². The highest BCUT2D eigenvalue weighted by Gasteiger charge is 2.24. The molecule has 0 saturated carbocycles. The van der Waals surface area contributed by atoms with Crippen LogP contribution >= 0.6 is 22.6 Å². The van der Waals surface area contributed by atoms with Crippen LogP contribution in [0.4, 0.5) is 5.82 Å². The number of halogens is 1. The van der Waals surface area contributed by atoms with Gasteiger partial charge in [-0.3, -0.25) is 9.59 Å². The number of hydrogen-bond acceptors (Lipinski definition) is 6. The molecule has 1 amide bonds. The zero-order valence-electron chi connectivity index (χ0n) is 16.2. The maximum absolute atomic E-state index is 12.8. The highest BCUT2D eigenvalue weighted by atomic mass is 127. The largest absolute Gasteiger partial charge is 0.423 e. The minimum absolute atomic E-state index is 0.0274. The van der Waals surface area contributed by atoms with Crippen LogP contribution in [0.15, 0.2) is 71.8 Å². The quantitative estimate of drug-likeness (QED) is 0.263. The number of aromatic nitrogens is 3. The summed E-state index contributed by atoms with van der Waals surface area (Å²) >= 11 is 1.93. The molecule has 0 saturated heterocycles. The van der Waals surface area contributed by atoms with E-state index in [9.17, 15) is 14.8 Å². The van der Waals surface area contributed by atoms with Crippen molar-refractivity contribution in [2.75, 3.05) is 5.32 Å². The number of amides is 1. The van der Waals surface area contributed by atoms with E-state index in [1.807, 2.05) is 83.3 Å². The van der Waals surface area contributed by atoms with Gasteiger partial charge in [0.05, 0.1) is 5.39 Å². The van der Waals surface area contributed by atoms with Crippen molar-refractivity contribution in [1.82, 2.24) is 20.0 Å². The molecule has 0 fully saturated rings. The lowest BCUT2D eigenvalue weighted by Crippen LogP contribution is -2.34. The average molecular weight is 527 g/mol. The second kappa shape index (κ2) is 9.13. The molecule has 2 aromatic heterocycles. The summed E-state index contributed by atoms with van der Waals surface area (Å²) < 4.78 is 0.759. The third kappa shape index (κ3) is 4.36. The lowest BCUT2D eigenvalue weighted by atomic mass is 10.1. The summed E-state index contributed by atoms with van der Waals surface area (Å²) in [6, 6.07) is 19.1. The number of hydrogen-bond donors (Lipinski definition) is 3. The van der Waals surface area contributed by atoms with Gasteiger partial charge in [0.2, 0.25) is 0 Å². The molecule has 0 radical (unpaired) electrons. The Morgan fingerprint density at radius 2 is 1.58 bits per heavy atom. The second-order valence-electron chi connectivity index (χ2n) is 6.73. The van der Waals surface area contributed by atoms with Gasteiger partial charge >= 0.3 is 0 Å². The van der Waals surface area contributed by atoms with E-state index in [1.165, 1.54) is 6.33 Å². The van der Waals surface area contributed by atoms with Crippen LogP contribution in [0.1, 0.15) is 21.5 Å². The van der Waals surface area contributed by atoms with E-state index in [2.05, 4.69) is 20.6 Å². The van der Waals surface area contributed by atoms with Crippen LogP contribution < -0.4 is 16.2 Å². The van der Waals surface area contributed by atoms with Crippen molar-refractivity contribution in [3.05, 3.63) is 97.6 Å². The summed E-state index contributed by atoms with van der Waals surface area (Å²) in [5.41, 5.74) is 0.950. The normalized spacial score (nSPS) is 10.7. The molecule has 156 valence electrons. The van der Waals surface area contributed by atoms with Crippen LogP contribution in [0.25, 0.3) is 11.0 Å². The molecule has 8 nitrogen and oxygen atoms in total. The van der Waals surface area contributed by atoms with Crippen LogP contribution in [-0.2, 0) is 13.1 Å². The van der Waals surface area contributed by atoms with Gasteiger partial charge in [0.15, 0.2) is 5.65 Å². The fourth-order valence-corrected chi connectivity index (χ4v) is 4.11. The van der Waals surface area contributed by atoms with Crippen LogP contribution in [-0.4, -0.2) is 25.8 Å². The van der Waals surface area contributed by atoms with Gasteiger partial charge in [-0.25, -0.2) is 9.97 Å². The molecular formula is C22H18IN5O3. The average Bonchev–Trinajstić information content (AvgIpc) is 2.81. The minimum Gasteiger partial charge on any atom is -0.423 e. The van der Waals surface area contributed by atoms with Gasteiger partial charge in [-0.05, 0) is 33.7 Å². The van der Waals surface area contributed by atoms with E-state index in [0.29, 0.717) is 26.0 Å². The summed E-state index contributed by atoms with van der Waals surface area (Å²) in [6.07, 6.45) is 1.26. The molecule has 0 atom stereocenters. The van der Waals surface area contributed by atoms with Crippen molar-refractivity contribution in [1.29, 1.82) is 0 Å². The van der Waals surface area contributed by atoms with Gasteiger partial charge < -0.3 is 15.8 Å². The lowest BCUT2D eigenvalue weighted by Gasteiger charge is -2.14. The van der Waals surface area contributed by atoms with Crippen molar-refractivity contribution in [2.24, 2.45) is 0 Å². The number of fused-ring (bicyclic) bond motifs is 1. The summed E-state index contributed by atoms with van der Waals surface area (Å²) in [5, 5.41) is 16.7. The van der Waals surface area contributed by atoms with Crippen LogP contribution in [0.5, 0.6) is 0 Å². The van der Waals surface area contributed by atoms with Crippen molar-refractivity contribution < 1.29 is 10.0 Å². The van der Waals surface area contributed by atoms with Crippen molar-refractivity contribution in [3.63, 3.8) is 0 Å². The molecule has 0 bridgehead atoms. The smallest absolute Gasteiger partial charge is 0.298 e. The molecule has 31 heavy (non-hydrogen) atoms. The molecule has 9 heteroatoms. The summed E-state index contributed by atoms with van der Waals surface area (Å²) in [7, 11) is 0. The molecule has 0 aliphatic rings. The highest BCUT2D eigenvalue weighted by Crippen LogP contribution is 2.26. The van der Waals surface area contributed by atoms with E-state index in [0.717, 1.165) is 11.1 Å². The maximum atomic E-state index is 12.8. The molecular weight excluding hydrogens is 509 g/mol. The van der Waals surface area contributed by atoms with E-state index < -0.39 is 11.5 Å². The molecule has 4 rings (SSSR count). The number of rotatable bonds is 6. The molecule has 2 aromatic carbocycles. The Labute approximate surface area is 191 Å². The number of pyridine rings is 1. The number of carbonyl (C=O) groups is 1. The van der Waals surface area contributed by atoms with Crippen LogP contribution in [0.2, 0.25) is 0 Å². The monoisotopic (exact) mass is 527 g/mol. The third-order valence-corrected chi connectivity index (χ3v) is 5.78. The van der Waals surface area contributed by atoms with Gasteiger partial charge in [-0.2, -0.15) is 0 Å². The van der Waals surface area contributed by atoms with Gasteiger partial charge in [0.1, 0.15) is 17.7 Å². The third-order valence-electron chi connectivity index (χ3n) is 4.70. The number of benzene rings is 2. The topological polar surface area (TPSA) is 109 Å². The first-order valence-electron chi connectivity index (χ1n) is 9.44. The molecule has 3 N–H and O–H groups in total. The Morgan fingerprint density at radius 1 is 0.968 bits per heavy atom. The van der Waals surface area contributed by atoms with E-state index in [-0.39, 0.29) is 17.8 Å². The van der Waals surface area contributed by atoms with Gasteiger partial charge in [-0.1, -0.05) is 60.7 Å². The van der Waals surface area contributed by atoms with E-state index in [4.69, 9.17) is 0 Å². The van der Waals surface area contributed by atoms with Gasteiger partial charge in [-0.15, -0.1) is 4.73 Å². The van der Waals surface area contributed by atoms with Crippen LogP contribution in [0.3, 0.4) is 0 Å². The first kappa shape index (κ1) is 20.8. The second-order valence-corrected chi connectivity index (χ2v) is 7.81. The maximum Gasteiger partial charge on any atom is 0.298 e. The van der Waals surface area contributed by atoms with Crippen molar-refractivity contribution in [3.8, 4) is 0 Å². The number of nitrogens with zero attached hydrogens (tertiary/aromatic N) is 3. The number of carbonyl (C=O) groups excluding carboxylic acids is 1. The standard InChI is InChI=1S/C22H18IN5O3/c23-18-16-19(24-11-14-7-3-1-4-8-14)26-13-27-20(16)28(31)22(30)17(18)21(29)25-12-15-9-5-2-6-10-15/h1-10,13,31H,11-12H2,(H,25,29)(H,24,26,27). The zero-order chi connectivity index (χ0) is 21.8. The Hall–Kier alpha value is -3.47. The molecule has 2 heterocycles. The number of anilines is 1. The zero-order valence-corrected chi connectivity index (χ0v) is 18.4. The molecule has 0 aliphatic heterocycles. The Kier molecular flexibility index (Phi) is 6.12. The Morgan fingerprint density at radius 3 is 2.23 bits per heavy atom. The van der Waals surface area contributed by atoms with E-state index >= 15 is 0 Å². The minimum atomic E-state index is -0.838. The van der Waals surface area contributed by atoms with E-state index in [1.54, 1.807) is 0 Å². The lowest BCUT2D eigenvalue weighted by molar-refractivity contribution is 0.0942. The molecule has 0 unspecified atom stereocenters. The van der Waals surface area contributed by atoms with Crippen molar-refractivity contribution in [2.45, 2.75) is 13.1 Å². The first-order chi connectivity index (χ1) is 15.1. The van der Waals surface area contributed by atoms with Gasteiger partial charge in [0.25, 0.3) is 11.5 Å². The summed E-state index contributed by atoms with van der Waals surface area (Å²) in [6.45, 7) is 0.728. The summed E-state index contributed by atoms with van der Waals surface area (Å²) in [5.74, 6) is -0.168. The Bertz CT molecular complexity index is 1290. The SMILES string of the molecule is O=C(NCc1ccccc1)c1c(I)c2c(NCc3ccccc3)ncnc2n(O)c1=O. The molecule has 0 spiro atoms. The fraction of sp³-hybridized carbons (Fsp3) is 0.0909. The summed E-state index contributed by atoms with van der Waals surface area (Å²) in [4.78, 5) is 33.9. The molecule has 4 aromatic rings. The predicted molar refractivity (Wildman–Crippen MR) is 125 cm³/mol. The fourth-order valence-electron chi connectivity index (χ4n) is 3.14. The molecule has 0 aliphatic carbocycles. The highest BCUT2D eigenvalue weighted by molar-refractivity contribution is 14.1. The predicted octanol–water partition coefficient (Wildman–Crippen LogP) is 3.18. The Balaban J connectivity index is 1.70. The van der Waals surface area contributed by atoms with Gasteiger partial charge in [0, 0.05) is 16.7 Å². The number of nitrogens with one attached hydrogen (secondary N) is 2. The van der Waals surface area contributed by atoms with Crippen LogP contribution in [0, 0.1) is 3.57 Å².